The van der Waals surface area contributed by atoms with Crippen molar-refractivity contribution in [3.05, 3.63) is 75.3 Å². The van der Waals surface area contributed by atoms with Crippen molar-refractivity contribution in [1.29, 1.82) is 0 Å². The minimum Gasteiger partial charge on any atom is -0.352 e. The Morgan fingerprint density at radius 2 is 1.91 bits per heavy atom. The number of fused-ring (bicyclic) bond motifs is 2. The summed E-state index contributed by atoms with van der Waals surface area (Å²) in [6.45, 7) is 1.99. The van der Waals surface area contributed by atoms with E-state index in [0.29, 0.717) is 22.3 Å². The smallest absolute Gasteiger partial charge is 0.258 e. The molecule has 2 heterocycles. The van der Waals surface area contributed by atoms with Crippen LogP contribution in [-0.2, 0) is 24.2 Å². The highest BCUT2D eigenvalue weighted by atomic mass is 35.5. The van der Waals surface area contributed by atoms with Gasteiger partial charge < -0.3 is 5.32 Å². The Labute approximate surface area is 200 Å². The Morgan fingerprint density at radius 1 is 1.09 bits per heavy atom. The van der Waals surface area contributed by atoms with Crippen molar-refractivity contribution >= 4 is 50.8 Å². The van der Waals surface area contributed by atoms with Crippen LogP contribution in [0.15, 0.2) is 47.8 Å². The molecule has 0 radical (unpaired) electrons. The van der Waals surface area contributed by atoms with E-state index in [-0.39, 0.29) is 11.8 Å². The molecule has 2 aromatic heterocycles. The average Bonchev–Trinajstić information content (AvgIpc) is 3.46. The molecule has 0 bridgehead atoms. The van der Waals surface area contributed by atoms with Crippen molar-refractivity contribution in [1.82, 2.24) is 15.3 Å². The number of anilines is 1. The van der Waals surface area contributed by atoms with E-state index >= 15 is 0 Å². The number of pyridine rings is 1. The molecule has 0 aliphatic heterocycles. The fourth-order valence-electron chi connectivity index (χ4n) is 4.14. The molecule has 1 aliphatic rings. The molecule has 0 saturated heterocycles. The maximum atomic E-state index is 13.4. The molecule has 0 fully saturated rings. The van der Waals surface area contributed by atoms with Crippen molar-refractivity contribution < 1.29 is 9.59 Å². The second kappa shape index (κ2) is 8.92. The van der Waals surface area contributed by atoms with Gasteiger partial charge in [-0.1, -0.05) is 35.9 Å². The fourth-order valence-corrected chi connectivity index (χ4v) is 5.02. The number of benzene rings is 2. The van der Waals surface area contributed by atoms with E-state index in [0.717, 1.165) is 58.2 Å². The standard InChI is InChI=1S/C25H21ClN4O2S/c1-14(31)27-12-15-5-7-16(8-6-15)22-13-33-25(29-22)30-24(32)23-18-3-2-4-20(18)28-21-10-9-17(26)11-19(21)23/h5-11,13H,2-4,12H2,1H3,(H,27,31)(H,29,30,32). The lowest BCUT2D eigenvalue weighted by Gasteiger charge is -2.12. The summed E-state index contributed by atoms with van der Waals surface area (Å²) in [5.74, 6) is -0.247. The van der Waals surface area contributed by atoms with Crippen LogP contribution in [0, 0.1) is 0 Å². The fraction of sp³-hybridized carbons (Fsp3) is 0.200. The monoisotopic (exact) mass is 476 g/mol. The maximum absolute atomic E-state index is 13.4. The van der Waals surface area contributed by atoms with Gasteiger partial charge in [0.2, 0.25) is 5.91 Å². The van der Waals surface area contributed by atoms with Gasteiger partial charge in [-0.15, -0.1) is 11.3 Å². The number of hydrogen-bond donors (Lipinski definition) is 2. The predicted molar refractivity (Wildman–Crippen MR) is 132 cm³/mol. The third-order valence-corrected chi connectivity index (χ3v) is 6.71. The van der Waals surface area contributed by atoms with Crippen LogP contribution in [0.5, 0.6) is 0 Å². The van der Waals surface area contributed by atoms with Gasteiger partial charge in [0, 0.05) is 40.5 Å². The summed E-state index contributed by atoms with van der Waals surface area (Å²) in [6, 6.07) is 13.3. The minimum absolute atomic E-state index is 0.0612. The molecule has 8 heteroatoms. The lowest BCUT2D eigenvalue weighted by atomic mass is 10.0. The molecule has 166 valence electrons. The molecule has 0 unspecified atom stereocenters. The molecule has 2 aromatic carbocycles. The van der Waals surface area contributed by atoms with E-state index in [1.165, 1.54) is 18.3 Å². The number of hydrogen-bond acceptors (Lipinski definition) is 5. The highest BCUT2D eigenvalue weighted by Crippen LogP contribution is 2.33. The molecule has 5 rings (SSSR count). The zero-order chi connectivity index (χ0) is 22.9. The average molecular weight is 477 g/mol. The second-order valence-corrected chi connectivity index (χ2v) is 9.32. The van der Waals surface area contributed by atoms with Gasteiger partial charge in [0.25, 0.3) is 5.91 Å². The van der Waals surface area contributed by atoms with Gasteiger partial charge in [0.15, 0.2) is 5.13 Å². The van der Waals surface area contributed by atoms with Gasteiger partial charge in [-0.3, -0.25) is 19.9 Å². The Morgan fingerprint density at radius 3 is 2.70 bits per heavy atom. The number of amides is 2. The summed E-state index contributed by atoms with van der Waals surface area (Å²) in [5.41, 5.74) is 6.17. The lowest BCUT2D eigenvalue weighted by molar-refractivity contribution is -0.119. The third kappa shape index (κ3) is 4.47. The number of nitrogens with zero attached hydrogens (tertiary/aromatic N) is 2. The van der Waals surface area contributed by atoms with Crippen LogP contribution in [0.25, 0.3) is 22.2 Å². The summed E-state index contributed by atoms with van der Waals surface area (Å²) < 4.78 is 0. The van der Waals surface area contributed by atoms with Crippen LogP contribution in [-0.4, -0.2) is 21.8 Å². The van der Waals surface area contributed by atoms with Crippen LogP contribution in [0.2, 0.25) is 5.02 Å². The molecule has 1 aliphatic carbocycles. The van der Waals surface area contributed by atoms with Gasteiger partial charge in [-0.05, 0) is 48.6 Å². The Kier molecular flexibility index (Phi) is 5.83. The quantitative estimate of drug-likeness (QED) is 0.404. The molecule has 0 spiro atoms. The van der Waals surface area contributed by atoms with E-state index in [4.69, 9.17) is 16.6 Å². The summed E-state index contributed by atoms with van der Waals surface area (Å²) in [7, 11) is 0. The van der Waals surface area contributed by atoms with Crippen LogP contribution in [0.1, 0.15) is 40.5 Å². The number of carbonyl (C=O) groups is 2. The van der Waals surface area contributed by atoms with E-state index in [1.54, 1.807) is 6.07 Å². The van der Waals surface area contributed by atoms with Crippen molar-refractivity contribution in [3.8, 4) is 11.3 Å². The topological polar surface area (TPSA) is 84.0 Å². The summed E-state index contributed by atoms with van der Waals surface area (Å²) in [5, 5.41) is 9.58. The summed E-state index contributed by atoms with van der Waals surface area (Å²) in [4.78, 5) is 33.8. The SMILES string of the molecule is CC(=O)NCc1ccc(-c2csc(NC(=O)c3c4c(nc5ccc(Cl)cc35)CCC4)n2)cc1. The Hall–Kier alpha value is -3.29. The highest BCUT2D eigenvalue weighted by Gasteiger charge is 2.24. The predicted octanol–water partition coefficient (Wildman–Crippen LogP) is 5.39. The first-order valence-corrected chi connectivity index (χ1v) is 12.0. The number of nitrogens with one attached hydrogen (secondary N) is 2. The zero-order valence-corrected chi connectivity index (χ0v) is 19.5. The molecule has 0 saturated carbocycles. The van der Waals surface area contributed by atoms with Gasteiger partial charge in [0.05, 0.1) is 16.8 Å². The van der Waals surface area contributed by atoms with Crippen LogP contribution in [0.3, 0.4) is 0 Å². The first kappa shape index (κ1) is 21.6. The Bertz CT molecular complexity index is 1380. The zero-order valence-electron chi connectivity index (χ0n) is 17.9. The molecular formula is C25H21ClN4O2S. The molecule has 4 aromatic rings. The van der Waals surface area contributed by atoms with Crippen LogP contribution < -0.4 is 10.6 Å². The Balaban J connectivity index is 1.39. The van der Waals surface area contributed by atoms with Crippen LogP contribution in [0.4, 0.5) is 5.13 Å². The largest absolute Gasteiger partial charge is 0.352 e. The van der Waals surface area contributed by atoms with Gasteiger partial charge in [0.1, 0.15) is 0 Å². The van der Waals surface area contributed by atoms with E-state index in [2.05, 4.69) is 15.6 Å². The maximum Gasteiger partial charge on any atom is 0.258 e. The van der Waals surface area contributed by atoms with Crippen molar-refractivity contribution in [3.63, 3.8) is 0 Å². The second-order valence-electron chi connectivity index (χ2n) is 8.03. The first-order valence-electron chi connectivity index (χ1n) is 10.7. The first-order chi connectivity index (χ1) is 16.0. The number of aryl methyl sites for hydroxylation is 1. The molecule has 2 N–H and O–H groups in total. The normalized spacial score (nSPS) is 12.5. The highest BCUT2D eigenvalue weighted by molar-refractivity contribution is 7.14. The molecule has 0 atom stereocenters. The van der Waals surface area contributed by atoms with E-state index in [9.17, 15) is 9.59 Å². The van der Waals surface area contributed by atoms with Crippen molar-refractivity contribution in [2.24, 2.45) is 0 Å². The lowest BCUT2D eigenvalue weighted by Crippen LogP contribution is -2.18. The number of thiazole rings is 1. The van der Waals surface area contributed by atoms with E-state index in [1.807, 2.05) is 41.8 Å². The number of halogens is 1. The van der Waals surface area contributed by atoms with Gasteiger partial charge in [-0.25, -0.2) is 4.98 Å². The van der Waals surface area contributed by atoms with Crippen molar-refractivity contribution in [2.45, 2.75) is 32.7 Å². The molecule has 2 amide bonds. The third-order valence-electron chi connectivity index (χ3n) is 5.72. The number of aromatic nitrogens is 2. The van der Waals surface area contributed by atoms with Gasteiger partial charge >= 0.3 is 0 Å². The minimum atomic E-state index is -0.186. The van der Waals surface area contributed by atoms with Crippen LogP contribution >= 0.6 is 22.9 Å². The van der Waals surface area contributed by atoms with Crippen molar-refractivity contribution in [2.75, 3.05) is 5.32 Å². The summed E-state index contributed by atoms with van der Waals surface area (Å²) in [6.07, 6.45) is 2.71. The molecule has 6 nitrogen and oxygen atoms in total. The van der Waals surface area contributed by atoms with E-state index < -0.39 is 0 Å². The van der Waals surface area contributed by atoms with Gasteiger partial charge in [-0.2, -0.15) is 0 Å². The molecular weight excluding hydrogens is 456 g/mol. The summed E-state index contributed by atoms with van der Waals surface area (Å²) >= 11 is 7.62. The number of rotatable bonds is 5. The molecule has 33 heavy (non-hydrogen) atoms. The number of carbonyl (C=O) groups excluding carboxylic acids is 2.